The summed E-state index contributed by atoms with van der Waals surface area (Å²) in [5, 5.41) is 11.3. The first-order chi connectivity index (χ1) is 10.6. The Hall–Kier alpha value is -1.27. The van der Waals surface area contributed by atoms with Gasteiger partial charge in [0, 0.05) is 25.7 Å². The van der Waals surface area contributed by atoms with E-state index in [0.717, 1.165) is 11.0 Å². The Morgan fingerprint density at radius 1 is 1.48 bits per heavy atom. The van der Waals surface area contributed by atoms with Crippen LogP contribution in [-0.2, 0) is 11.2 Å². The second-order valence-electron chi connectivity index (χ2n) is 7.25. The number of hydrogen-bond acceptors (Lipinski definition) is 4. The predicted molar refractivity (Wildman–Crippen MR) is 93.1 cm³/mol. The molecular formula is C16H24BClN2O3. The van der Waals surface area contributed by atoms with E-state index < -0.39 is 11.2 Å². The van der Waals surface area contributed by atoms with Gasteiger partial charge in [-0.1, -0.05) is 11.6 Å². The molecule has 5 nitrogen and oxygen atoms in total. The van der Waals surface area contributed by atoms with Crippen LogP contribution in [0.4, 0.5) is 4.79 Å². The summed E-state index contributed by atoms with van der Waals surface area (Å²) in [4.78, 5) is 17.8. The Labute approximate surface area is 143 Å². The molecule has 7 heteroatoms. The molecule has 0 aromatic carbocycles. The van der Waals surface area contributed by atoms with Gasteiger partial charge in [-0.25, -0.2) is 9.78 Å². The van der Waals surface area contributed by atoms with E-state index in [9.17, 15) is 9.90 Å². The summed E-state index contributed by atoms with van der Waals surface area (Å²) >= 11 is 6.04. The zero-order valence-corrected chi connectivity index (χ0v) is 15.0. The van der Waals surface area contributed by atoms with Crippen LogP contribution in [0.15, 0.2) is 12.3 Å². The summed E-state index contributed by atoms with van der Waals surface area (Å²) < 4.78 is 5.38. The third kappa shape index (κ3) is 4.85. The van der Waals surface area contributed by atoms with Crippen LogP contribution < -0.4 is 5.46 Å². The highest BCUT2D eigenvalue weighted by atomic mass is 35.5. The number of nitrogens with zero attached hydrogens (tertiary/aromatic N) is 2. The molecule has 0 spiro atoms. The van der Waals surface area contributed by atoms with Gasteiger partial charge in [0.2, 0.25) is 0 Å². The zero-order valence-electron chi connectivity index (χ0n) is 14.2. The first-order valence-corrected chi connectivity index (χ1v) is 8.28. The molecule has 1 saturated heterocycles. The lowest BCUT2D eigenvalue weighted by Crippen LogP contribution is -2.49. The number of aromatic nitrogens is 1. The third-order valence-electron chi connectivity index (χ3n) is 4.12. The van der Waals surface area contributed by atoms with Gasteiger partial charge in [-0.2, -0.15) is 0 Å². The maximum atomic E-state index is 12.1. The SMILES string of the molecule is Bc1c(CC2(O)CCN(C(=O)OC(C)(C)C)CC2)ccnc1Cl. The smallest absolute Gasteiger partial charge is 0.410 e. The molecule has 1 aliphatic rings. The van der Waals surface area contributed by atoms with Crippen LogP contribution in [0.3, 0.4) is 0 Å². The number of carbonyl (C=O) groups excluding carboxylic acids is 1. The van der Waals surface area contributed by atoms with Crippen LogP contribution in [0.25, 0.3) is 0 Å². The van der Waals surface area contributed by atoms with Gasteiger partial charge in [0.25, 0.3) is 0 Å². The van der Waals surface area contributed by atoms with Crippen LogP contribution in [0.1, 0.15) is 39.2 Å². The number of halogens is 1. The van der Waals surface area contributed by atoms with E-state index in [1.54, 1.807) is 11.1 Å². The molecule has 1 aromatic rings. The number of amides is 1. The van der Waals surface area contributed by atoms with Gasteiger partial charge in [-0.3, -0.25) is 0 Å². The summed E-state index contributed by atoms with van der Waals surface area (Å²) in [6.45, 7) is 6.52. The molecule has 0 atom stereocenters. The standard InChI is InChI=1S/C16H24BClN2O3/c1-15(2,3)23-14(21)20-8-5-16(22,6-9-20)10-11-4-7-19-13(18)12(11)17/h4,7,22H,5-6,8-10,17H2,1-3H3. The van der Waals surface area contributed by atoms with Gasteiger partial charge in [0.15, 0.2) is 0 Å². The average molecular weight is 339 g/mol. The summed E-state index contributed by atoms with van der Waals surface area (Å²) in [6.07, 6.45) is 2.90. The second-order valence-corrected chi connectivity index (χ2v) is 7.61. The van der Waals surface area contributed by atoms with E-state index in [2.05, 4.69) is 4.98 Å². The average Bonchev–Trinajstić information content (AvgIpc) is 2.42. The quantitative estimate of drug-likeness (QED) is 0.652. The Kier molecular flexibility index (Phi) is 5.26. The number of rotatable bonds is 2. The summed E-state index contributed by atoms with van der Waals surface area (Å²) in [5.74, 6) is 0. The monoisotopic (exact) mass is 338 g/mol. The van der Waals surface area contributed by atoms with Crippen LogP contribution in [0, 0.1) is 0 Å². The highest BCUT2D eigenvalue weighted by Crippen LogP contribution is 2.27. The molecule has 0 unspecified atom stereocenters. The predicted octanol–water partition coefficient (Wildman–Crippen LogP) is 1.30. The Morgan fingerprint density at radius 3 is 2.65 bits per heavy atom. The van der Waals surface area contributed by atoms with Crippen LogP contribution in [-0.4, -0.2) is 53.2 Å². The Morgan fingerprint density at radius 2 is 2.09 bits per heavy atom. The van der Waals surface area contributed by atoms with Crippen LogP contribution in [0.2, 0.25) is 5.15 Å². The first kappa shape index (κ1) is 18.1. The molecule has 0 aliphatic carbocycles. The second kappa shape index (κ2) is 6.69. The van der Waals surface area contributed by atoms with Crippen molar-refractivity contribution in [2.24, 2.45) is 0 Å². The van der Waals surface area contributed by atoms with Gasteiger partial charge >= 0.3 is 6.09 Å². The minimum absolute atomic E-state index is 0.317. The van der Waals surface area contributed by atoms with E-state index in [0.29, 0.717) is 37.5 Å². The minimum atomic E-state index is -0.825. The van der Waals surface area contributed by atoms with Gasteiger partial charge < -0.3 is 14.7 Å². The third-order valence-corrected chi connectivity index (χ3v) is 4.50. The molecule has 0 radical (unpaired) electrons. The number of hydrogen-bond donors (Lipinski definition) is 1. The fourth-order valence-electron chi connectivity index (χ4n) is 2.70. The normalized spacial score (nSPS) is 17.9. The number of aliphatic hydroxyl groups is 1. The van der Waals surface area contributed by atoms with Crippen molar-refractivity contribution in [3.8, 4) is 0 Å². The van der Waals surface area contributed by atoms with E-state index >= 15 is 0 Å². The van der Waals surface area contributed by atoms with Gasteiger partial charge in [0.05, 0.1) is 5.60 Å². The van der Waals surface area contributed by atoms with Crippen molar-refractivity contribution in [2.45, 2.75) is 51.2 Å². The largest absolute Gasteiger partial charge is 0.444 e. The lowest BCUT2D eigenvalue weighted by atomic mass is 9.81. The van der Waals surface area contributed by atoms with E-state index in [1.165, 1.54) is 0 Å². The van der Waals surface area contributed by atoms with Crippen molar-refractivity contribution in [3.05, 3.63) is 23.0 Å². The molecule has 0 bridgehead atoms. The van der Waals surface area contributed by atoms with Crippen molar-refractivity contribution < 1.29 is 14.6 Å². The molecule has 1 amide bonds. The minimum Gasteiger partial charge on any atom is -0.444 e. The van der Waals surface area contributed by atoms with Crippen molar-refractivity contribution in [3.63, 3.8) is 0 Å². The molecule has 1 aromatic heterocycles. The van der Waals surface area contributed by atoms with Crippen molar-refractivity contribution in [2.75, 3.05) is 13.1 Å². The molecule has 23 heavy (non-hydrogen) atoms. The number of likely N-dealkylation sites (tertiary alicyclic amines) is 1. The number of ether oxygens (including phenoxy) is 1. The van der Waals surface area contributed by atoms with E-state index in [4.69, 9.17) is 16.3 Å². The van der Waals surface area contributed by atoms with Crippen molar-refractivity contribution in [1.29, 1.82) is 0 Å². The first-order valence-electron chi connectivity index (χ1n) is 7.90. The highest BCUT2D eigenvalue weighted by Gasteiger charge is 2.35. The molecule has 1 aliphatic heterocycles. The fourth-order valence-corrected chi connectivity index (χ4v) is 2.88. The van der Waals surface area contributed by atoms with Crippen molar-refractivity contribution >= 4 is 31.0 Å². The Bertz CT molecular complexity index is 581. The van der Waals surface area contributed by atoms with Gasteiger partial charge in [-0.15, -0.1) is 0 Å². The molecular weight excluding hydrogens is 314 g/mol. The summed E-state index contributed by atoms with van der Waals surface area (Å²) in [5.41, 5.74) is 0.569. The number of carbonyl (C=O) groups is 1. The van der Waals surface area contributed by atoms with Crippen molar-refractivity contribution in [1.82, 2.24) is 9.88 Å². The summed E-state index contributed by atoms with van der Waals surface area (Å²) in [7, 11) is 1.91. The molecule has 2 heterocycles. The van der Waals surface area contributed by atoms with Gasteiger partial charge in [-0.05, 0) is 50.7 Å². The highest BCUT2D eigenvalue weighted by molar-refractivity contribution is 6.44. The molecule has 1 fully saturated rings. The topological polar surface area (TPSA) is 62.7 Å². The zero-order chi connectivity index (χ0) is 17.3. The Balaban J connectivity index is 1.97. The fraction of sp³-hybridized carbons (Fsp3) is 0.625. The molecule has 0 saturated carbocycles. The molecule has 1 N–H and O–H groups in total. The van der Waals surface area contributed by atoms with Gasteiger partial charge in [0.1, 0.15) is 18.6 Å². The van der Waals surface area contributed by atoms with E-state index in [-0.39, 0.29) is 6.09 Å². The van der Waals surface area contributed by atoms with Crippen LogP contribution in [0.5, 0.6) is 0 Å². The van der Waals surface area contributed by atoms with E-state index in [1.807, 2.05) is 34.7 Å². The maximum absolute atomic E-state index is 12.1. The summed E-state index contributed by atoms with van der Waals surface area (Å²) in [6, 6.07) is 1.89. The lowest BCUT2D eigenvalue weighted by molar-refractivity contribution is -0.0314. The maximum Gasteiger partial charge on any atom is 0.410 e. The lowest BCUT2D eigenvalue weighted by Gasteiger charge is -2.39. The molecule has 126 valence electrons. The number of pyridine rings is 1. The van der Waals surface area contributed by atoms with Crippen LogP contribution >= 0.6 is 11.6 Å². The number of piperidine rings is 1. The molecule has 2 rings (SSSR count).